The third kappa shape index (κ3) is 3.30. The number of carbonyl (C=O) groups excluding carboxylic acids is 2. The number of hydrogen-bond donors (Lipinski definition) is 2. The highest BCUT2D eigenvalue weighted by Crippen LogP contribution is 2.40. The van der Waals surface area contributed by atoms with Crippen LogP contribution in [0.2, 0.25) is 0 Å². The number of carbonyl (C=O) groups is 2. The van der Waals surface area contributed by atoms with Crippen molar-refractivity contribution in [1.29, 1.82) is 0 Å². The van der Waals surface area contributed by atoms with E-state index in [2.05, 4.69) is 10.3 Å². The molecule has 6 heteroatoms. The molecule has 3 heterocycles. The van der Waals surface area contributed by atoms with Crippen LogP contribution in [0.5, 0.6) is 0 Å². The van der Waals surface area contributed by atoms with Crippen molar-refractivity contribution in [1.82, 2.24) is 15.2 Å². The van der Waals surface area contributed by atoms with Crippen LogP contribution in [0, 0.1) is 12.3 Å². The molecule has 0 aliphatic carbocycles. The van der Waals surface area contributed by atoms with Crippen molar-refractivity contribution in [3.8, 4) is 0 Å². The molecule has 2 aliphatic rings. The summed E-state index contributed by atoms with van der Waals surface area (Å²) >= 11 is 0. The first-order valence-corrected chi connectivity index (χ1v) is 8.25. The van der Waals surface area contributed by atoms with Crippen LogP contribution >= 0.6 is 0 Å². The first-order valence-electron chi connectivity index (χ1n) is 8.25. The molecule has 2 aliphatic heterocycles. The maximum Gasteiger partial charge on any atom is 0.260 e. The third-order valence-corrected chi connectivity index (χ3v) is 5.26. The molecule has 0 aromatic carbocycles. The van der Waals surface area contributed by atoms with Crippen LogP contribution in [0.4, 0.5) is 0 Å². The molecule has 6 nitrogen and oxygen atoms in total. The summed E-state index contributed by atoms with van der Waals surface area (Å²) in [5, 5.41) is 2.92. The number of piperidine rings is 1. The number of likely N-dealkylation sites (tertiary alicyclic amines) is 1. The van der Waals surface area contributed by atoms with Crippen molar-refractivity contribution in [3.63, 3.8) is 0 Å². The average molecular weight is 317 g/mol. The summed E-state index contributed by atoms with van der Waals surface area (Å²) in [5.74, 6) is -0.0597. The molecular formula is C17H23N3O3. The molecule has 1 aromatic heterocycles. The van der Waals surface area contributed by atoms with E-state index in [0.717, 1.165) is 37.9 Å². The molecule has 1 spiro atoms. The van der Waals surface area contributed by atoms with E-state index in [1.165, 1.54) is 0 Å². The van der Waals surface area contributed by atoms with E-state index in [1.54, 1.807) is 24.0 Å². The van der Waals surface area contributed by atoms with Gasteiger partial charge in [0.1, 0.15) is 5.56 Å². The second-order valence-electron chi connectivity index (χ2n) is 6.78. The summed E-state index contributed by atoms with van der Waals surface area (Å²) in [6, 6.07) is 3.36. The fourth-order valence-electron chi connectivity index (χ4n) is 3.65. The number of aromatic nitrogens is 1. The molecule has 0 atom stereocenters. The van der Waals surface area contributed by atoms with Gasteiger partial charge in [-0.05, 0) is 50.2 Å². The minimum absolute atomic E-state index is 0.131. The number of amides is 2. The molecule has 2 saturated heterocycles. The first-order chi connectivity index (χ1) is 11.0. The topological polar surface area (TPSA) is 82.3 Å². The van der Waals surface area contributed by atoms with Gasteiger partial charge in [-0.3, -0.25) is 14.4 Å². The van der Waals surface area contributed by atoms with Crippen LogP contribution in [0.15, 0.2) is 16.9 Å². The van der Waals surface area contributed by atoms with Crippen LogP contribution in [0.3, 0.4) is 0 Å². The minimum Gasteiger partial charge on any atom is -0.356 e. The van der Waals surface area contributed by atoms with Gasteiger partial charge in [-0.15, -0.1) is 0 Å². The lowest BCUT2D eigenvalue weighted by atomic mass is 9.73. The molecule has 2 fully saturated rings. The Labute approximate surface area is 135 Å². The van der Waals surface area contributed by atoms with Gasteiger partial charge in [-0.2, -0.15) is 0 Å². The number of nitrogens with zero attached hydrogens (tertiary/aromatic N) is 1. The van der Waals surface area contributed by atoms with E-state index < -0.39 is 0 Å². The number of rotatable bonds is 1. The number of pyridine rings is 1. The van der Waals surface area contributed by atoms with Crippen LogP contribution in [-0.4, -0.2) is 41.3 Å². The van der Waals surface area contributed by atoms with Crippen molar-refractivity contribution in [3.05, 3.63) is 33.7 Å². The molecule has 0 unspecified atom stereocenters. The number of H-pyrrole nitrogens is 1. The standard InChI is InChI=1S/C17H23N3O3/c1-12-2-3-13(15(22)19-12)16(23)20-10-7-17(8-11-20)5-4-14(21)18-9-6-17/h2-3H,4-11H2,1H3,(H,18,21)(H,19,22). The summed E-state index contributed by atoms with van der Waals surface area (Å²) < 4.78 is 0. The van der Waals surface area contributed by atoms with Gasteiger partial charge in [0.05, 0.1) is 0 Å². The van der Waals surface area contributed by atoms with E-state index >= 15 is 0 Å². The lowest BCUT2D eigenvalue weighted by Crippen LogP contribution is -2.44. The normalized spacial score (nSPS) is 20.9. The van der Waals surface area contributed by atoms with Crippen molar-refractivity contribution < 1.29 is 9.59 Å². The second-order valence-corrected chi connectivity index (χ2v) is 6.78. The fraction of sp³-hybridized carbons (Fsp3) is 0.588. The molecule has 3 rings (SSSR count). The van der Waals surface area contributed by atoms with Crippen molar-refractivity contribution in [2.24, 2.45) is 5.41 Å². The number of nitrogens with one attached hydrogen (secondary N) is 2. The highest BCUT2D eigenvalue weighted by Gasteiger charge is 2.37. The summed E-state index contributed by atoms with van der Waals surface area (Å²) in [7, 11) is 0. The summed E-state index contributed by atoms with van der Waals surface area (Å²) in [6.45, 7) is 3.83. The van der Waals surface area contributed by atoms with Gasteiger partial charge in [0, 0.05) is 31.7 Å². The van der Waals surface area contributed by atoms with E-state index in [4.69, 9.17) is 0 Å². The molecule has 2 N–H and O–H groups in total. The Bertz CT molecular complexity index is 672. The molecule has 0 saturated carbocycles. The van der Waals surface area contributed by atoms with Gasteiger partial charge in [-0.25, -0.2) is 0 Å². The largest absolute Gasteiger partial charge is 0.356 e. The molecule has 23 heavy (non-hydrogen) atoms. The maximum absolute atomic E-state index is 12.6. The van der Waals surface area contributed by atoms with Crippen molar-refractivity contribution in [2.45, 2.75) is 39.0 Å². The Morgan fingerprint density at radius 2 is 1.87 bits per heavy atom. The highest BCUT2D eigenvalue weighted by atomic mass is 16.2. The summed E-state index contributed by atoms with van der Waals surface area (Å²) in [4.78, 5) is 40.5. The Hall–Kier alpha value is -2.11. The zero-order chi connectivity index (χ0) is 16.4. The number of aryl methyl sites for hydroxylation is 1. The molecule has 124 valence electrons. The van der Waals surface area contributed by atoms with Crippen LogP contribution in [-0.2, 0) is 4.79 Å². The van der Waals surface area contributed by atoms with E-state index in [1.807, 2.05) is 0 Å². The second kappa shape index (κ2) is 6.18. The van der Waals surface area contributed by atoms with Crippen LogP contribution in [0.1, 0.15) is 48.2 Å². The zero-order valence-corrected chi connectivity index (χ0v) is 13.5. The lowest BCUT2D eigenvalue weighted by Gasteiger charge is -2.41. The molecular weight excluding hydrogens is 294 g/mol. The Kier molecular flexibility index (Phi) is 4.24. The molecule has 1 aromatic rings. The van der Waals surface area contributed by atoms with Crippen LogP contribution < -0.4 is 10.9 Å². The third-order valence-electron chi connectivity index (χ3n) is 5.26. The van der Waals surface area contributed by atoms with Gasteiger partial charge >= 0.3 is 0 Å². The lowest BCUT2D eigenvalue weighted by molar-refractivity contribution is -0.121. The monoisotopic (exact) mass is 317 g/mol. The fourth-order valence-corrected chi connectivity index (χ4v) is 3.65. The Morgan fingerprint density at radius 1 is 1.13 bits per heavy atom. The Balaban J connectivity index is 1.67. The van der Waals surface area contributed by atoms with Crippen molar-refractivity contribution >= 4 is 11.8 Å². The number of aromatic amines is 1. The van der Waals surface area contributed by atoms with Gasteiger partial charge in [0.15, 0.2) is 0 Å². The van der Waals surface area contributed by atoms with Gasteiger partial charge < -0.3 is 15.2 Å². The van der Waals surface area contributed by atoms with E-state index in [0.29, 0.717) is 19.5 Å². The quantitative estimate of drug-likeness (QED) is 0.816. The minimum atomic E-state index is -0.320. The first kappa shape index (κ1) is 15.8. The molecule has 0 radical (unpaired) electrons. The highest BCUT2D eigenvalue weighted by molar-refractivity contribution is 5.93. The SMILES string of the molecule is Cc1ccc(C(=O)N2CCC3(CCNC(=O)CC3)CC2)c(=O)[nH]1. The van der Waals surface area contributed by atoms with Gasteiger partial charge in [0.25, 0.3) is 11.5 Å². The Morgan fingerprint density at radius 3 is 2.57 bits per heavy atom. The molecule has 2 amide bonds. The average Bonchev–Trinajstić information content (AvgIpc) is 2.70. The summed E-state index contributed by atoms with van der Waals surface area (Å²) in [5.41, 5.74) is 0.805. The predicted octanol–water partition coefficient (Wildman–Crippen LogP) is 1.21. The van der Waals surface area contributed by atoms with E-state index in [-0.39, 0.29) is 28.4 Å². The number of hydrogen-bond acceptors (Lipinski definition) is 3. The summed E-state index contributed by atoms with van der Waals surface area (Å²) in [6.07, 6.45) is 4.25. The smallest absolute Gasteiger partial charge is 0.260 e. The maximum atomic E-state index is 12.6. The van der Waals surface area contributed by atoms with Gasteiger partial charge in [0.2, 0.25) is 5.91 Å². The molecule has 0 bridgehead atoms. The van der Waals surface area contributed by atoms with E-state index in [9.17, 15) is 14.4 Å². The van der Waals surface area contributed by atoms with Crippen molar-refractivity contribution in [2.75, 3.05) is 19.6 Å². The zero-order valence-electron chi connectivity index (χ0n) is 13.5. The van der Waals surface area contributed by atoms with Crippen LogP contribution in [0.25, 0.3) is 0 Å². The van der Waals surface area contributed by atoms with Gasteiger partial charge in [-0.1, -0.05) is 0 Å². The predicted molar refractivity (Wildman–Crippen MR) is 86.2 cm³/mol.